The molecular weight excluding hydrogens is 509 g/mol. The number of amides is 2. The van der Waals surface area contributed by atoms with E-state index in [1.807, 2.05) is 20.8 Å². The van der Waals surface area contributed by atoms with Crippen molar-refractivity contribution in [3.8, 4) is 0 Å². The Morgan fingerprint density at radius 3 is 2.35 bits per heavy atom. The molecule has 0 aromatic rings. The van der Waals surface area contributed by atoms with Crippen LogP contribution in [0.4, 0.5) is 4.79 Å². The molecule has 3 unspecified atom stereocenters. The Morgan fingerprint density at radius 1 is 1.06 bits per heavy atom. The van der Waals surface area contributed by atoms with Crippen LogP contribution in [0.2, 0.25) is 0 Å². The molecule has 3 rings (SSSR count). The molecule has 2 N–H and O–H groups in total. The lowest BCUT2D eigenvalue weighted by Gasteiger charge is -2.27. The van der Waals surface area contributed by atoms with E-state index in [1.165, 1.54) is 12.8 Å². The molecule has 0 bridgehead atoms. The van der Waals surface area contributed by atoms with E-state index in [1.54, 1.807) is 19.0 Å². The first-order valence-corrected chi connectivity index (χ1v) is 11.4. The number of fused-ring (bicyclic) bond motifs is 1. The third-order valence-electron chi connectivity index (χ3n) is 6.41. The third-order valence-corrected chi connectivity index (χ3v) is 6.41. The monoisotopic (exact) mass is 549 g/mol. The van der Waals surface area contributed by atoms with E-state index in [9.17, 15) is 9.59 Å². The summed E-state index contributed by atoms with van der Waals surface area (Å²) >= 11 is 0. The van der Waals surface area contributed by atoms with Crippen molar-refractivity contribution in [3.63, 3.8) is 0 Å². The molecule has 0 aromatic carbocycles. The second-order valence-corrected chi connectivity index (χ2v) is 10.2. The van der Waals surface area contributed by atoms with Crippen molar-refractivity contribution >= 4 is 41.9 Å². The summed E-state index contributed by atoms with van der Waals surface area (Å²) in [6, 6.07) is 0.570. The van der Waals surface area contributed by atoms with Gasteiger partial charge in [0.1, 0.15) is 12.1 Å². The Morgan fingerprint density at radius 2 is 1.74 bits per heavy atom. The molecule has 0 aromatic heterocycles. The zero-order valence-corrected chi connectivity index (χ0v) is 22.0. The number of halogens is 1. The van der Waals surface area contributed by atoms with Crippen LogP contribution in [0.1, 0.15) is 59.3 Å². The molecule has 2 saturated carbocycles. The van der Waals surface area contributed by atoms with Gasteiger partial charge in [-0.25, -0.2) is 9.79 Å². The minimum Gasteiger partial charge on any atom is -0.444 e. The molecule has 3 aliphatic rings. The predicted molar refractivity (Wildman–Crippen MR) is 133 cm³/mol. The fourth-order valence-electron chi connectivity index (χ4n) is 4.85. The van der Waals surface area contributed by atoms with Crippen LogP contribution in [0.25, 0.3) is 0 Å². The quantitative estimate of drug-likeness (QED) is 0.320. The zero-order chi connectivity index (χ0) is 21.9. The lowest BCUT2D eigenvalue weighted by molar-refractivity contribution is -0.127. The number of likely N-dealkylation sites (tertiary alicyclic amines) is 1. The largest absolute Gasteiger partial charge is 0.444 e. The van der Waals surface area contributed by atoms with Crippen LogP contribution in [0.5, 0.6) is 0 Å². The number of nitrogens with zero attached hydrogens (tertiary/aromatic N) is 3. The first-order valence-electron chi connectivity index (χ1n) is 11.4. The number of rotatable bonds is 4. The normalized spacial score (nSPS) is 26.3. The van der Waals surface area contributed by atoms with E-state index in [4.69, 9.17) is 4.74 Å². The van der Waals surface area contributed by atoms with Gasteiger partial charge in [-0.1, -0.05) is 12.8 Å². The van der Waals surface area contributed by atoms with Gasteiger partial charge >= 0.3 is 6.09 Å². The molecule has 3 atom stereocenters. The number of ether oxygens (including phenoxy) is 1. The number of aliphatic imine (C=N–C) groups is 1. The van der Waals surface area contributed by atoms with Crippen molar-refractivity contribution in [3.05, 3.63) is 0 Å². The number of likely N-dealkylation sites (N-methyl/N-ethyl adjacent to an activating group) is 1. The van der Waals surface area contributed by atoms with Crippen LogP contribution in [0.15, 0.2) is 4.99 Å². The van der Waals surface area contributed by atoms with Crippen molar-refractivity contribution in [2.24, 2.45) is 16.8 Å². The summed E-state index contributed by atoms with van der Waals surface area (Å²) in [6.07, 6.45) is 6.55. The summed E-state index contributed by atoms with van der Waals surface area (Å²) in [5.41, 5.74) is -0.492. The number of carbonyl (C=O) groups excluding carboxylic acids is 2. The molecule has 1 saturated heterocycles. The SMILES string of the molecule is CN(C)C(=O)CN=C(NC1CCCC1)N1CC2CCC(NC(=O)OC(C)(C)C)C2C1.I. The predicted octanol–water partition coefficient (Wildman–Crippen LogP) is 2.82. The van der Waals surface area contributed by atoms with Gasteiger partial charge < -0.3 is 25.2 Å². The van der Waals surface area contributed by atoms with Gasteiger partial charge in [0, 0.05) is 45.2 Å². The van der Waals surface area contributed by atoms with Gasteiger partial charge in [0.25, 0.3) is 0 Å². The lowest BCUT2D eigenvalue weighted by Crippen LogP contribution is -2.47. The highest BCUT2D eigenvalue weighted by Gasteiger charge is 2.44. The molecule has 31 heavy (non-hydrogen) atoms. The Kier molecular flexibility index (Phi) is 9.27. The maximum atomic E-state index is 12.3. The van der Waals surface area contributed by atoms with Crippen LogP contribution in [0.3, 0.4) is 0 Å². The van der Waals surface area contributed by atoms with E-state index in [2.05, 4.69) is 20.5 Å². The van der Waals surface area contributed by atoms with Gasteiger partial charge in [0.15, 0.2) is 5.96 Å². The Balaban J connectivity index is 0.00000341. The smallest absolute Gasteiger partial charge is 0.407 e. The molecule has 0 spiro atoms. The van der Waals surface area contributed by atoms with Gasteiger partial charge in [-0.3, -0.25) is 4.79 Å². The van der Waals surface area contributed by atoms with E-state index >= 15 is 0 Å². The van der Waals surface area contributed by atoms with Crippen LogP contribution in [0, 0.1) is 11.8 Å². The molecular formula is C22H40IN5O3. The molecule has 2 aliphatic carbocycles. The highest BCUT2D eigenvalue weighted by atomic mass is 127. The van der Waals surface area contributed by atoms with E-state index in [0.717, 1.165) is 44.7 Å². The van der Waals surface area contributed by atoms with Crippen LogP contribution in [-0.4, -0.2) is 79.2 Å². The van der Waals surface area contributed by atoms with Crippen molar-refractivity contribution in [1.29, 1.82) is 0 Å². The van der Waals surface area contributed by atoms with E-state index in [0.29, 0.717) is 17.9 Å². The number of carbonyl (C=O) groups is 2. The average molecular weight is 549 g/mol. The topological polar surface area (TPSA) is 86.3 Å². The summed E-state index contributed by atoms with van der Waals surface area (Å²) in [5.74, 6) is 1.77. The number of alkyl carbamates (subject to hydrolysis) is 1. The molecule has 1 heterocycles. The Labute approximate surface area is 203 Å². The first kappa shape index (κ1) is 26.0. The number of hydrogen-bond donors (Lipinski definition) is 2. The van der Waals surface area contributed by atoms with Gasteiger partial charge in [-0.2, -0.15) is 0 Å². The molecule has 1 aliphatic heterocycles. The molecule has 3 fully saturated rings. The zero-order valence-electron chi connectivity index (χ0n) is 19.6. The highest BCUT2D eigenvalue weighted by Crippen LogP contribution is 2.38. The fourth-order valence-corrected chi connectivity index (χ4v) is 4.85. The Hall–Kier alpha value is -1.26. The third kappa shape index (κ3) is 7.39. The summed E-state index contributed by atoms with van der Waals surface area (Å²) in [6.45, 7) is 7.58. The summed E-state index contributed by atoms with van der Waals surface area (Å²) in [7, 11) is 3.52. The Bertz CT molecular complexity index is 658. The van der Waals surface area contributed by atoms with E-state index < -0.39 is 5.60 Å². The van der Waals surface area contributed by atoms with Crippen molar-refractivity contribution in [1.82, 2.24) is 20.4 Å². The van der Waals surface area contributed by atoms with Crippen molar-refractivity contribution in [2.75, 3.05) is 33.7 Å². The second-order valence-electron chi connectivity index (χ2n) is 10.2. The van der Waals surface area contributed by atoms with Gasteiger partial charge in [-0.05, 0) is 52.4 Å². The molecule has 178 valence electrons. The van der Waals surface area contributed by atoms with Crippen molar-refractivity contribution < 1.29 is 14.3 Å². The van der Waals surface area contributed by atoms with Crippen molar-refractivity contribution in [2.45, 2.75) is 77.0 Å². The molecule has 2 amide bonds. The summed E-state index contributed by atoms with van der Waals surface area (Å²) < 4.78 is 5.46. The van der Waals surface area contributed by atoms with Crippen LogP contribution >= 0.6 is 24.0 Å². The summed E-state index contributed by atoms with van der Waals surface area (Å²) in [5, 5.41) is 6.72. The standard InChI is InChI=1S/C22H39N5O3.HI/c1-22(2,3)30-21(29)25-18-11-10-15-13-27(14-17(15)18)20(23-12-19(28)26(4)5)24-16-8-6-7-9-16;/h15-18H,6-14H2,1-5H3,(H,23,24)(H,25,29);1H. The van der Waals surface area contributed by atoms with Gasteiger partial charge in [0.05, 0.1) is 0 Å². The second kappa shape index (κ2) is 11.0. The molecule has 9 heteroatoms. The summed E-state index contributed by atoms with van der Waals surface area (Å²) in [4.78, 5) is 32.9. The highest BCUT2D eigenvalue weighted by molar-refractivity contribution is 14.0. The molecule has 8 nitrogen and oxygen atoms in total. The fraction of sp³-hybridized carbons (Fsp3) is 0.864. The lowest BCUT2D eigenvalue weighted by atomic mass is 9.98. The maximum Gasteiger partial charge on any atom is 0.407 e. The van der Waals surface area contributed by atoms with Crippen LogP contribution < -0.4 is 10.6 Å². The number of nitrogens with one attached hydrogen (secondary N) is 2. The first-order chi connectivity index (χ1) is 14.1. The number of hydrogen-bond acceptors (Lipinski definition) is 4. The average Bonchev–Trinajstić information content (AvgIpc) is 3.35. The van der Waals surface area contributed by atoms with Crippen LogP contribution in [-0.2, 0) is 9.53 Å². The maximum absolute atomic E-state index is 12.3. The van der Waals surface area contributed by atoms with Gasteiger partial charge in [0.2, 0.25) is 5.91 Å². The van der Waals surface area contributed by atoms with Gasteiger partial charge in [-0.15, -0.1) is 24.0 Å². The molecule has 0 radical (unpaired) electrons. The minimum absolute atomic E-state index is 0. The number of guanidine groups is 1. The minimum atomic E-state index is -0.492. The van der Waals surface area contributed by atoms with E-state index in [-0.39, 0.29) is 48.6 Å².